The van der Waals surface area contributed by atoms with Gasteiger partial charge < -0.3 is 5.11 Å². The van der Waals surface area contributed by atoms with E-state index in [1.165, 1.54) is 6.07 Å². The Hall–Kier alpha value is -0.940. The second-order valence-corrected chi connectivity index (χ2v) is 5.04. The topological polar surface area (TPSA) is 40.5 Å². The molecule has 3 nitrogen and oxygen atoms in total. The van der Waals surface area contributed by atoms with Gasteiger partial charge in [0, 0.05) is 22.6 Å². The summed E-state index contributed by atoms with van der Waals surface area (Å²) in [5, 5.41) is 8.79. The Morgan fingerprint density at radius 1 is 1.53 bits per heavy atom. The highest BCUT2D eigenvalue weighted by Crippen LogP contribution is 2.18. The number of halogens is 2. The van der Waals surface area contributed by atoms with Crippen LogP contribution in [0.1, 0.15) is 19.4 Å². The highest BCUT2D eigenvalue weighted by atomic mass is 79.9. The lowest BCUT2D eigenvalue weighted by atomic mass is 10.1. The number of carboxylic acid groups (broad SMARTS) is 1. The third kappa shape index (κ3) is 4.44. The number of aliphatic carboxylic acids is 1. The van der Waals surface area contributed by atoms with Crippen LogP contribution in [0.3, 0.4) is 0 Å². The van der Waals surface area contributed by atoms with Gasteiger partial charge >= 0.3 is 5.97 Å². The molecule has 0 saturated carbocycles. The lowest BCUT2D eigenvalue weighted by molar-refractivity contribution is -0.139. The van der Waals surface area contributed by atoms with Gasteiger partial charge in [-0.1, -0.05) is 15.9 Å². The van der Waals surface area contributed by atoms with Crippen LogP contribution in [0.15, 0.2) is 22.7 Å². The molecule has 0 amide bonds. The Balaban J connectivity index is 2.85. The van der Waals surface area contributed by atoms with E-state index < -0.39 is 5.97 Å². The molecule has 0 aromatic heterocycles. The average molecular weight is 304 g/mol. The zero-order valence-corrected chi connectivity index (χ0v) is 11.4. The van der Waals surface area contributed by atoms with E-state index in [1.807, 2.05) is 13.8 Å². The Bertz CT molecular complexity index is 409. The van der Waals surface area contributed by atoms with Gasteiger partial charge in [0.15, 0.2) is 0 Å². The second kappa shape index (κ2) is 6.12. The molecular weight excluding hydrogens is 289 g/mol. The van der Waals surface area contributed by atoms with Crippen LogP contribution in [0.25, 0.3) is 0 Å². The first-order chi connectivity index (χ1) is 7.90. The number of carbonyl (C=O) groups is 1. The van der Waals surface area contributed by atoms with Gasteiger partial charge in [-0.2, -0.15) is 0 Å². The van der Waals surface area contributed by atoms with Gasteiger partial charge in [-0.15, -0.1) is 0 Å². The first-order valence-electron chi connectivity index (χ1n) is 5.30. The van der Waals surface area contributed by atoms with Crippen molar-refractivity contribution in [1.29, 1.82) is 0 Å². The van der Waals surface area contributed by atoms with Crippen molar-refractivity contribution in [2.75, 3.05) is 6.54 Å². The number of hydrogen-bond acceptors (Lipinski definition) is 2. The number of hydrogen-bond donors (Lipinski definition) is 1. The SMILES string of the molecule is CC(C)N(CC(=O)O)Cc1cc(Br)ccc1F. The monoisotopic (exact) mass is 303 g/mol. The summed E-state index contributed by atoms with van der Waals surface area (Å²) in [6.07, 6.45) is 0. The summed E-state index contributed by atoms with van der Waals surface area (Å²) >= 11 is 3.27. The molecule has 1 rings (SSSR count). The summed E-state index contributed by atoms with van der Waals surface area (Å²) < 4.78 is 14.3. The van der Waals surface area contributed by atoms with Crippen molar-refractivity contribution in [3.05, 3.63) is 34.1 Å². The summed E-state index contributed by atoms with van der Waals surface area (Å²) in [5.74, 6) is -1.22. The van der Waals surface area contributed by atoms with Crippen LogP contribution in [-0.4, -0.2) is 28.6 Å². The van der Waals surface area contributed by atoms with Crippen LogP contribution in [0.4, 0.5) is 4.39 Å². The largest absolute Gasteiger partial charge is 0.480 e. The minimum Gasteiger partial charge on any atom is -0.480 e. The Labute approximate surface area is 108 Å². The molecule has 1 N–H and O–H groups in total. The van der Waals surface area contributed by atoms with Gasteiger partial charge in [0.05, 0.1) is 6.54 Å². The van der Waals surface area contributed by atoms with E-state index in [4.69, 9.17) is 5.11 Å². The predicted octanol–water partition coefficient (Wildman–Crippen LogP) is 2.88. The average Bonchev–Trinajstić information content (AvgIpc) is 2.21. The Morgan fingerprint density at radius 2 is 2.18 bits per heavy atom. The minimum absolute atomic E-state index is 0.0458. The predicted molar refractivity (Wildman–Crippen MR) is 67.3 cm³/mol. The normalized spacial score (nSPS) is 11.2. The Morgan fingerprint density at radius 3 is 2.71 bits per heavy atom. The molecule has 0 spiro atoms. The molecule has 5 heteroatoms. The number of rotatable bonds is 5. The zero-order valence-electron chi connectivity index (χ0n) is 9.78. The van der Waals surface area contributed by atoms with E-state index in [9.17, 15) is 9.18 Å². The molecule has 0 heterocycles. The fourth-order valence-corrected chi connectivity index (χ4v) is 1.89. The molecule has 0 unspecified atom stereocenters. The maximum Gasteiger partial charge on any atom is 0.317 e. The summed E-state index contributed by atoms with van der Waals surface area (Å²) in [5.41, 5.74) is 0.495. The standard InChI is InChI=1S/C12H15BrFNO2/c1-8(2)15(7-12(16)17)6-9-5-10(13)3-4-11(9)14/h3-5,8H,6-7H2,1-2H3,(H,16,17). The van der Waals surface area contributed by atoms with Crippen molar-refractivity contribution in [2.45, 2.75) is 26.4 Å². The third-order valence-corrected chi connectivity index (χ3v) is 2.94. The first kappa shape index (κ1) is 14.1. The van der Waals surface area contributed by atoms with Crippen molar-refractivity contribution >= 4 is 21.9 Å². The van der Waals surface area contributed by atoms with Gasteiger partial charge in [0.1, 0.15) is 5.82 Å². The molecule has 0 radical (unpaired) electrons. The van der Waals surface area contributed by atoms with Crippen LogP contribution in [0.2, 0.25) is 0 Å². The minimum atomic E-state index is -0.908. The molecule has 1 aromatic rings. The zero-order chi connectivity index (χ0) is 13.0. The van der Waals surface area contributed by atoms with E-state index in [-0.39, 0.29) is 24.9 Å². The number of benzene rings is 1. The molecule has 0 aliphatic heterocycles. The van der Waals surface area contributed by atoms with Crippen molar-refractivity contribution in [3.63, 3.8) is 0 Å². The van der Waals surface area contributed by atoms with Gasteiger partial charge in [-0.05, 0) is 32.0 Å². The van der Waals surface area contributed by atoms with Crippen molar-refractivity contribution in [2.24, 2.45) is 0 Å². The quantitative estimate of drug-likeness (QED) is 0.909. The molecule has 0 aliphatic rings. The van der Waals surface area contributed by atoms with Crippen LogP contribution in [0, 0.1) is 5.82 Å². The molecule has 94 valence electrons. The summed E-state index contributed by atoms with van der Waals surface area (Å²) in [7, 11) is 0. The van der Waals surface area contributed by atoms with Crippen molar-refractivity contribution < 1.29 is 14.3 Å². The van der Waals surface area contributed by atoms with Crippen LogP contribution in [0.5, 0.6) is 0 Å². The highest BCUT2D eigenvalue weighted by Gasteiger charge is 2.15. The summed E-state index contributed by atoms with van der Waals surface area (Å²) in [6.45, 7) is 3.97. The van der Waals surface area contributed by atoms with Gasteiger partial charge in [0.2, 0.25) is 0 Å². The van der Waals surface area contributed by atoms with Gasteiger partial charge in [0.25, 0.3) is 0 Å². The molecule has 0 bridgehead atoms. The van der Waals surface area contributed by atoms with Crippen molar-refractivity contribution in [3.8, 4) is 0 Å². The van der Waals surface area contributed by atoms with Crippen molar-refractivity contribution in [1.82, 2.24) is 4.90 Å². The number of carboxylic acids is 1. The lowest BCUT2D eigenvalue weighted by Crippen LogP contribution is -2.35. The second-order valence-electron chi connectivity index (χ2n) is 4.13. The van der Waals surface area contributed by atoms with E-state index in [1.54, 1.807) is 17.0 Å². The fourth-order valence-electron chi connectivity index (χ4n) is 1.48. The van der Waals surface area contributed by atoms with Crippen LogP contribution in [-0.2, 0) is 11.3 Å². The van der Waals surface area contributed by atoms with Gasteiger partial charge in [-0.3, -0.25) is 9.69 Å². The fraction of sp³-hybridized carbons (Fsp3) is 0.417. The van der Waals surface area contributed by atoms with E-state index in [2.05, 4.69) is 15.9 Å². The molecule has 0 atom stereocenters. The molecule has 17 heavy (non-hydrogen) atoms. The van der Waals surface area contributed by atoms with Crippen LogP contribution < -0.4 is 0 Å². The van der Waals surface area contributed by atoms with Crippen LogP contribution >= 0.6 is 15.9 Å². The molecule has 1 aromatic carbocycles. The smallest absolute Gasteiger partial charge is 0.317 e. The molecular formula is C12H15BrFNO2. The van der Waals surface area contributed by atoms with E-state index in [0.717, 1.165) is 4.47 Å². The first-order valence-corrected chi connectivity index (χ1v) is 6.09. The maximum atomic E-state index is 13.5. The Kier molecular flexibility index (Phi) is 5.08. The number of nitrogens with zero attached hydrogens (tertiary/aromatic N) is 1. The maximum absolute atomic E-state index is 13.5. The van der Waals surface area contributed by atoms with Gasteiger partial charge in [-0.25, -0.2) is 4.39 Å². The van der Waals surface area contributed by atoms with E-state index in [0.29, 0.717) is 5.56 Å². The highest BCUT2D eigenvalue weighted by molar-refractivity contribution is 9.10. The molecule has 0 fully saturated rings. The molecule has 0 saturated heterocycles. The summed E-state index contributed by atoms with van der Waals surface area (Å²) in [4.78, 5) is 12.4. The lowest BCUT2D eigenvalue weighted by Gasteiger charge is -2.24. The summed E-state index contributed by atoms with van der Waals surface area (Å²) in [6, 6.07) is 4.71. The molecule has 0 aliphatic carbocycles. The third-order valence-electron chi connectivity index (χ3n) is 2.45. The van der Waals surface area contributed by atoms with E-state index >= 15 is 0 Å².